The second-order valence-corrected chi connectivity index (χ2v) is 9.34. The summed E-state index contributed by atoms with van der Waals surface area (Å²) in [5.41, 5.74) is 6.98. The first-order chi connectivity index (χ1) is 16.0. The minimum atomic E-state index is 0.144. The monoisotopic (exact) mass is 474 g/mol. The third-order valence-electron chi connectivity index (χ3n) is 5.58. The summed E-state index contributed by atoms with van der Waals surface area (Å²) in [6.45, 7) is 4.17. The summed E-state index contributed by atoms with van der Waals surface area (Å²) < 4.78 is 2.29. The summed E-state index contributed by atoms with van der Waals surface area (Å²) in [6, 6.07) is 20.3. The number of nitrogens with one attached hydrogen (secondary N) is 1. The summed E-state index contributed by atoms with van der Waals surface area (Å²) in [7, 11) is 0. The summed E-state index contributed by atoms with van der Waals surface area (Å²) in [5.74, 6) is 0. The first kappa shape index (κ1) is 21.7. The highest BCUT2D eigenvalue weighted by atomic mass is 35.5. The lowest BCUT2D eigenvalue weighted by Gasteiger charge is -2.23. The van der Waals surface area contributed by atoms with E-state index < -0.39 is 0 Å². The zero-order valence-electron chi connectivity index (χ0n) is 18.5. The number of aromatic nitrogens is 2. The van der Waals surface area contributed by atoms with Crippen molar-refractivity contribution in [3.05, 3.63) is 88.2 Å². The van der Waals surface area contributed by atoms with Gasteiger partial charge in [-0.25, -0.2) is 4.98 Å². The van der Waals surface area contributed by atoms with Gasteiger partial charge in [0.05, 0.1) is 33.5 Å². The van der Waals surface area contributed by atoms with Crippen molar-refractivity contribution in [2.45, 2.75) is 32.7 Å². The van der Waals surface area contributed by atoms with Gasteiger partial charge in [-0.2, -0.15) is 0 Å². The predicted molar refractivity (Wildman–Crippen MR) is 139 cm³/mol. The Morgan fingerprint density at radius 1 is 0.970 bits per heavy atom. The number of fused-ring (bicyclic) bond motifs is 2. The number of para-hydroxylation sites is 2. The number of benzene rings is 3. The molecule has 0 saturated carbocycles. The maximum atomic E-state index is 6.26. The Hall–Kier alpha value is -3.08. The van der Waals surface area contributed by atoms with Crippen LogP contribution in [0.3, 0.4) is 0 Å². The fourth-order valence-electron chi connectivity index (χ4n) is 4.11. The maximum absolute atomic E-state index is 6.26. The fourth-order valence-corrected chi connectivity index (χ4v) is 4.40. The topological polar surface area (TPSA) is 42.2 Å². The van der Waals surface area contributed by atoms with Crippen molar-refractivity contribution < 1.29 is 0 Å². The van der Waals surface area contributed by atoms with Crippen LogP contribution in [0.2, 0.25) is 5.02 Å². The molecule has 3 aliphatic rings. The molecule has 4 nitrogen and oxygen atoms in total. The predicted octanol–water partition coefficient (Wildman–Crippen LogP) is 7.60. The molecule has 0 amide bonds. The molecule has 1 aliphatic heterocycles. The lowest BCUT2D eigenvalue weighted by atomic mass is 10.1. The van der Waals surface area contributed by atoms with Crippen LogP contribution in [0.5, 0.6) is 0 Å². The number of hydrogen-bond donors (Lipinski definition) is 1. The van der Waals surface area contributed by atoms with Gasteiger partial charge >= 0.3 is 0 Å². The van der Waals surface area contributed by atoms with Gasteiger partial charge < -0.3 is 9.88 Å². The van der Waals surface area contributed by atoms with E-state index in [9.17, 15) is 0 Å². The van der Waals surface area contributed by atoms with Crippen LogP contribution in [0.15, 0.2) is 82.8 Å². The molecular weight excluding hydrogens is 451 g/mol. The Bertz CT molecular complexity index is 1430. The van der Waals surface area contributed by atoms with Crippen LogP contribution in [0.1, 0.15) is 26.7 Å². The molecule has 0 fully saturated rings. The normalized spacial score (nSPS) is 14.6. The van der Waals surface area contributed by atoms with E-state index in [1.54, 1.807) is 0 Å². The minimum Gasteiger partial charge on any atom is -0.354 e. The lowest BCUT2D eigenvalue weighted by molar-refractivity contribution is 0.805. The van der Waals surface area contributed by atoms with Gasteiger partial charge in [0.15, 0.2) is 0 Å². The van der Waals surface area contributed by atoms with Crippen molar-refractivity contribution in [3.63, 3.8) is 0 Å². The lowest BCUT2D eigenvalue weighted by Crippen LogP contribution is -2.17. The summed E-state index contributed by atoms with van der Waals surface area (Å²) in [6.07, 6.45) is 5.80. The van der Waals surface area contributed by atoms with Crippen molar-refractivity contribution in [2.75, 3.05) is 5.32 Å². The molecule has 6 heteroatoms. The highest BCUT2D eigenvalue weighted by Gasteiger charge is 2.19. The van der Waals surface area contributed by atoms with E-state index in [4.69, 9.17) is 33.2 Å². The largest absolute Gasteiger partial charge is 0.354 e. The highest BCUT2D eigenvalue weighted by Crippen LogP contribution is 2.34. The van der Waals surface area contributed by atoms with Gasteiger partial charge in [-0.3, -0.25) is 4.99 Å². The van der Waals surface area contributed by atoms with Crippen LogP contribution in [0.4, 0.5) is 11.4 Å². The first-order valence-electron chi connectivity index (χ1n) is 11.1. The van der Waals surface area contributed by atoms with E-state index in [0.29, 0.717) is 5.02 Å². The Morgan fingerprint density at radius 2 is 1.76 bits per heavy atom. The molecule has 5 rings (SSSR count). The average Bonchev–Trinajstić information content (AvgIpc) is 2.80. The summed E-state index contributed by atoms with van der Waals surface area (Å²) in [4.78, 5) is 9.91. The number of halogens is 2. The summed E-state index contributed by atoms with van der Waals surface area (Å²) >= 11 is 12.3. The smallest absolute Gasteiger partial charge is 0.0900 e. The molecule has 2 aromatic carbocycles. The van der Waals surface area contributed by atoms with Crippen LogP contribution >= 0.6 is 23.2 Å². The van der Waals surface area contributed by atoms with Crippen molar-refractivity contribution in [2.24, 2.45) is 4.99 Å². The summed E-state index contributed by atoms with van der Waals surface area (Å²) in [5, 5.41) is 5.98. The van der Waals surface area contributed by atoms with Crippen molar-refractivity contribution in [3.8, 4) is 11.4 Å². The van der Waals surface area contributed by atoms with Crippen LogP contribution in [0, 0.1) is 0 Å². The standard InChI is InChI=1S/C27H24Cl2N4/c1-17(2)30-24-16-27-25(15-23(24)31-20-11-7-18(28)8-12-20)32-22-5-3-4-6-26(22)33(27)21-13-9-19(29)10-14-21/h3-9,11-13,15-17,31H,10,14H2,1-2H3. The molecule has 33 heavy (non-hydrogen) atoms. The van der Waals surface area contributed by atoms with Crippen LogP contribution in [-0.2, 0) is 0 Å². The molecule has 2 aliphatic carbocycles. The molecular formula is C27H24Cl2N4. The SMILES string of the molecule is CC(C)N=c1cc2n(C3=CC=C(Cl)CC3)c3ccccc3nc-2cc1Nc1ccc(Cl)cc1. The quantitative estimate of drug-likeness (QED) is 0.309. The molecule has 166 valence electrons. The van der Waals surface area contributed by atoms with Gasteiger partial charge in [-0.15, -0.1) is 0 Å². The molecule has 0 aromatic heterocycles. The molecule has 0 bridgehead atoms. The van der Waals surface area contributed by atoms with E-state index >= 15 is 0 Å². The van der Waals surface area contributed by atoms with E-state index in [1.807, 2.05) is 36.4 Å². The minimum absolute atomic E-state index is 0.144. The number of rotatable bonds is 4. The van der Waals surface area contributed by atoms with Gasteiger partial charge in [-0.1, -0.05) is 35.3 Å². The Kier molecular flexibility index (Phi) is 5.96. The van der Waals surface area contributed by atoms with Crippen LogP contribution in [0.25, 0.3) is 28.1 Å². The van der Waals surface area contributed by atoms with Gasteiger partial charge in [0.1, 0.15) is 0 Å². The maximum Gasteiger partial charge on any atom is 0.0900 e. The molecule has 1 N–H and O–H groups in total. The van der Waals surface area contributed by atoms with Crippen molar-refractivity contribution >= 4 is 51.3 Å². The van der Waals surface area contributed by atoms with Gasteiger partial charge in [0, 0.05) is 27.5 Å². The zero-order chi connectivity index (χ0) is 22.9. The molecule has 0 radical (unpaired) electrons. The van der Waals surface area contributed by atoms with Gasteiger partial charge in [-0.05, 0) is 87.4 Å². The van der Waals surface area contributed by atoms with Crippen LogP contribution in [-0.4, -0.2) is 15.6 Å². The third-order valence-corrected chi connectivity index (χ3v) is 6.15. The Morgan fingerprint density at radius 3 is 2.48 bits per heavy atom. The molecule has 0 atom stereocenters. The van der Waals surface area contributed by atoms with E-state index in [1.165, 1.54) is 5.70 Å². The van der Waals surface area contributed by atoms with Gasteiger partial charge in [0.2, 0.25) is 0 Å². The number of hydrogen-bond acceptors (Lipinski definition) is 3. The average molecular weight is 475 g/mol. The number of nitrogens with zero attached hydrogens (tertiary/aromatic N) is 3. The highest BCUT2D eigenvalue weighted by molar-refractivity contribution is 6.30. The molecule has 0 spiro atoms. The second-order valence-electron chi connectivity index (χ2n) is 8.42. The van der Waals surface area contributed by atoms with E-state index in [2.05, 4.69) is 60.1 Å². The first-order valence-corrected chi connectivity index (χ1v) is 11.8. The van der Waals surface area contributed by atoms with E-state index in [0.717, 1.165) is 57.0 Å². The van der Waals surface area contributed by atoms with E-state index in [-0.39, 0.29) is 6.04 Å². The van der Waals surface area contributed by atoms with Crippen LogP contribution < -0.4 is 10.7 Å². The molecule has 0 unspecified atom stereocenters. The second kappa shape index (κ2) is 9.05. The third kappa shape index (κ3) is 4.54. The number of anilines is 2. The van der Waals surface area contributed by atoms with Gasteiger partial charge in [0.25, 0.3) is 0 Å². The Balaban J connectivity index is 1.78. The van der Waals surface area contributed by atoms with Crippen molar-refractivity contribution in [1.29, 1.82) is 0 Å². The number of allylic oxidation sites excluding steroid dienone is 4. The molecule has 1 heterocycles. The van der Waals surface area contributed by atoms with Crippen molar-refractivity contribution in [1.82, 2.24) is 9.55 Å². The molecule has 2 aromatic rings. The molecule has 0 saturated heterocycles. The Labute approximate surface area is 203 Å². The fraction of sp³-hybridized carbons (Fsp3) is 0.185. The zero-order valence-corrected chi connectivity index (χ0v) is 20.0.